The topological polar surface area (TPSA) is 129 Å². The summed E-state index contributed by atoms with van der Waals surface area (Å²) in [5.41, 5.74) is 14.4. The Morgan fingerprint density at radius 2 is 1.94 bits per heavy atom. The maximum atomic E-state index is 13.4. The summed E-state index contributed by atoms with van der Waals surface area (Å²) in [7, 11) is -3.84. The minimum atomic E-state index is -3.84. The molecule has 0 amide bonds. The predicted molar refractivity (Wildman–Crippen MR) is 129 cm³/mol. The van der Waals surface area contributed by atoms with Crippen LogP contribution in [0.2, 0.25) is 0 Å². The lowest BCUT2D eigenvalue weighted by Gasteiger charge is -2.24. The maximum absolute atomic E-state index is 13.4. The van der Waals surface area contributed by atoms with Gasteiger partial charge in [0.1, 0.15) is 4.90 Å². The van der Waals surface area contributed by atoms with E-state index in [4.69, 9.17) is 16.2 Å². The number of fused-ring (bicyclic) bond motifs is 1. The van der Waals surface area contributed by atoms with Gasteiger partial charge in [-0.2, -0.15) is 10.1 Å². The minimum Gasteiger partial charge on any atom is -0.478 e. The third-order valence-corrected chi connectivity index (χ3v) is 7.14. The molecule has 0 bridgehead atoms. The average molecular weight is 467 g/mol. The molecule has 0 unspecified atom stereocenters. The quantitative estimate of drug-likeness (QED) is 0.287. The second-order valence-corrected chi connectivity index (χ2v) is 9.17. The van der Waals surface area contributed by atoms with Crippen LogP contribution in [0.5, 0.6) is 5.88 Å². The number of nitrogens with zero attached hydrogens (tertiary/aromatic N) is 4. The van der Waals surface area contributed by atoms with Gasteiger partial charge in [-0.3, -0.25) is 4.31 Å². The van der Waals surface area contributed by atoms with Crippen LogP contribution in [0.25, 0.3) is 16.8 Å². The molecule has 0 atom stereocenters. The number of benzene rings is 2. The molecule has 4 aromatic rings. The van der Waals surface area contributed by atoms with Crippen molar-refractivity contribution in [1.82, 2.24) is 14.6 Å². The summed E-state index contributed by atoms with van der Waals surface area (Å²) >= 11 is 0. The van der Waals surface area contributed by atoms with Crippen molar-refractivity contribution in [3.63, 3.8) is 0 Å². The molecular weight excluding hydrogens is 440 g/mol. The maximum Gasteiger partial charge on any atom is 0.266 e. The van der Waals surface area contributed by atoms with Gasteiger partial charge in [-0.25, -0.2) is 12.9 Å². The molecule has 9 nitrogen and oxygen atoms in total. The highest BCUT2D eigenvalue weighted by Crippen LogP contribution is 2.31. The van der Waals surface area contributed by atoms with Gasteiger partial charge in [0.05, 0.1) is 24.2 Å². The van der Waals surface area contributed by atoms with Crippen LogP contribution in [0, 0.1) is 0 Å². The van der Waals surface area contributed by atoms with Crippen LogP contribution in [-0.4, -0.2) is 42.7 Å². The summed E-state index contributed by atoms with van der Waals surface area (Å²) in [6.07, 6.45) is 4.20. The SMILES string of the molecule is CCN(c1cccc(-c2cnn3ccc(OCCCN)nc23)c1)S(=O)(=O)c1ccccc1N. The highest BCUT2D eigenvalue weighted by atomic mass is 32.2. The van der Waals surface area contributed by atoms with E-state index in [0.717, 1.165) is 17.5 Å². The van der Waals surface area contributed by atoms with Crippen LogP contribution in [0.4, 0.5) is 11.4 Å². The number of hydrogen-bond acceptors (Lipinski definition) is 7. The highest BCUT2D eigenvalue weighted by molar-refractivity contribution is 7.93. The molecule has 0 aliphatic rings. The fourth-order valence-corrected chi connectivity index (χ4v) is 5.14. The standard InChI is InChI=1S/C23H26N6O3S/c1-2-29(33(30,31)21-10-4-3-9-20(21)25)18-8-5-7-17(15-18)19-16-26-28-13-11-22(27-23(19)28)32-14-6-12-24/h3-5,7-11,13,15-16H,2,6,12,14,24-25H2,1H3. The van der Waals surface area contributed by atoms with E-state index in [1.54, 1.807) is 60.2 Å². The zero-order valence-corrected chi connectivity index (χ0v) is 19.1. The van der Waals surface area contributed by atoms with Crippen molar-refractivity contribution in [2.45, 2.75) is 18.2 Å². The average Bonchev–Trinajstić information content (AvgIpc) is 3.23. The molecule has 172 valence electrons. The number of nitrogen functional groups attached to an aromatic ring is 1. The van der Waals surface area contributed by atoms with Gasteiger partial charge < -0.3 is 16.2 Å². The molecule has 10 heteroatoms. The molecule has 0 spiro atoms. The van der Waals surface area contributed by atoms with Gasteiger partial charge in [-0.05, 0) is 49.7 Å². The Balaban J connectivity index is 1.72. The van der Waals surface area contributed by atoms with E-state index >= 15 is 0 Å². The summed E-state index contributed by atoms with van der Waals surface area (Å²) in [5.74, 6) is 0.478. The molecule has 2 aromatic heterocycles. The number of hydrogen-bond donors (Lipinski definition) is 2. The summed E-state index contributed by atoms with van der Waals surface area (Å²) in [4.78, 5) is 4.65. The molecule has 2 heterocycles. The third kappa shape index (κ3) is 4.48. The zero-order chi connectivity index (χ0) is 23.4. The fourth-order valence-electron chi connectivity index (χ4n) is 3.55. The van der Waals surface area contributed by atoms with E-state index < -0.39 is 10.0 Å². The smallest absolute Gasteiger partial charge is 0.266 e. The Labute approximate surface area is 192 Å². The second kappa shape index (κ2) is 9.47. The van der Waals surface area contributed by atoms with Crippen molar-refractivity contribution in [2.75, 3.05) is 29.7 Å². The van der Waals surface area contributed by atoms with Crippen molar-refractivity contribution in [3.05, 3.63) is 67.0 Å². The molecule has 2 aromatic carbocycles. The van der Waals surface area contributed by atoms with Gasteiger partial charge in [-0.1, -0.05) is 24.3 Å². The van der Waals surface area contributed by atoms with Gasteiger partial charge in [0.2, 0.25) is 5.88 Å². The van der Waals surface area contributed by atoms with Gasteiger partial charge in [0, 0.05) is 24.4 Å². The first-order chi connectivity index (χ1) is 16.0. The van der Waals surface area contributed by atoms with Crippen LogP contribution < -0.4 is 20.5 Å². The number of rotatable bonds is 9. The minimum absolute atomic E-state index is 0.0779. The number of aromatic nitrogens is 3. The predicted octanol–water partition coefficient (Wildman–Crippen LogP) is 2.92. The van der Waals surface area contributed by atoms with Crippen molar-refractivity contribution in [3.8, 4) is 17.0 Å². The van der Waals surface area contributed by atoms with E-state index in [2.05, 4.69) is 10.1 Å². The molecule has 4 rings (SSSR count). The lowest BCUT2D eigenvalue weighted by molar-refractivity contribution is 0.302. The van der Waals surface area contributed by atoms with Gasteiger partial charge >= 0.3 is 0 Å². The molecule has 0 aliphatic carbocycles. The van der Waals surface area contributed by atoms with Gasteiger partial charge in [0.25, 0.3) is 10.0 Å². The number of ether oxygens (including phenoxy) is 1. The van der Waals surface area contributed by atoms with Crippen molar-refractivity contribution < 1.29 is 13.2 Å². The van der Waals surface area contributed by atoms with E-state index in [-0.39, 0.29) is 17.1 Å². The Bertz CT molecular complexity index is 1370. The van der Waals surface area contributed by atoms with Crippen molar-refractivity contribution in [2.24, 2.45) is 5.73 Å². The summed E-state index contributed by atoms with van der Waals surface area (Å²) in [5, 5.41) is 4.37. The molecule has 0 fully saturated rings. The van der Waals surface area contributed by atoms with E-state index in [0.29, 0.717) is 30.4 Å². The first kappa shape index (κ1) is 22.6. The normalized spacial score (nSPS) is 11.6. The molecule has 0 radical (unpaired) electrons. The Hall–Kier alpha value is -3.63. The van der Waals surface area contributed by atoms with Gasteiger partial charge in [-0.15, -0.1) is 0 Å². The largest absolute Gasteiger partial charge is 0.478 e. The molecule has 0 saturated heterocycles. The number of anilines is 2. The molecule has 33 heavy (non-hydrogen) atoms. The van der Waals surface area contributed by atoms with Crippen molar-refractivity contribution in [1.29, 1.82) is 0 Å². The Morgan fingerprint density at radius 1 is 1.12 bits per heavy atom. The Kier molecular flexibility index (Phi) is 6.47. The number of sulfonamides is 1. The van der Waals surface area contributed by atoms with Crippen LogP contribution in [0.15, 0.2) is 71.9 Å². The van der Waals surface area contributed by atoms with Crippen LogP contribution in [-0.2, 0) is 10.0 Å². The van der Waals surface area contributed by atoms with Crippen LogP contribution >= 0.6 is 0 Å². The Morgan fingerprint density at radius 3 is 2.70 bits per heavy atom. The monoisotopic (exact) mass is 466 g/mol. The first-order valence-electron chi connectivity index (χ1n) is 10.6. The molecule has 4 N–H and O–H groups in total. The van der Waals surface area contributed by atoms with Crippen molar-refractivity contribution >= 4 is 27.0 Å². The lowest BCUT2D eigenvalue weighted by Crippen LogP contribution is -2.31. The molecule has 0 saturated carbocycles. The highest BCUT2D eigenvalue weighted by Gasteiger charge is 2.26. The first-order valence-corrected chi connectivity index (χ1v) is 12.0. The van der Waals surface area contributed by atoms with E-state index in [1.165, 1.54) is 10.4 Å². The number of nitrogens with two attached hydrogens (primary N) is 2. The lowest BCUT2D eigenvalue weighted by atomic mass is 10.1. The second-order valence-electron chi connectivity index (χ2n) is 7.34. The summed E-state index contributed by atoms with van der Waals surface area (Å²) in [6.45, 7) is 3.04. The fraction of sp³-hybridized carbons (Fsp3) is 0.217. The molecular formula is C23H26N6O3S. The third-order valence-electron chi connectivity index (χ3n) is 5.16. The van der Waals surface area contributed by atoms with Crippen LogP contribution in [0.1, 0.15) is 13.3 Å². The summed E-state index contributed by atoms with van der Waals surface area (Å²) in [6, 6.07) is 15.5. The van der Waals surface area contributed by atoms with E-state index in [1.807, 2.05) is 12.1 Å². The summed E-state index contributed by atoms with van der Waals surface area (Å²) < 4.78 is 35.4. The van der Waals surface area contributed by atoms with Gasteiger partial charge in [0.15, 0.2) is 5.65 Å². The molecule has 0 aliphatic heterocycles. The zero-order valence-electron chi connectivity index (χ0n) is 18.3. The van der Waals surface area contributed by atoms with E-state index in [9.17, 15) is 8.42 Å². The number of para-hydroxylation sites is 1. The van der Waals surface area contributed by atoms with Crippen LogP contribution in [0.3, 0.4) is 0 Å².